The van der Waals surface area contributed by atoms with Crippen molar-refractivity contribution in [1.29, 1.82) is 0 Å². The maximum atomic E-state index is 12.7. The number of nitrogens with one attached hydrogen (secondary N) is 1. The zero-order chi connectivity index (χ0) is 18.4. The molecule has 0 aliphatic carbocycles. The highest BCUT2D eigenvalue weighted by atomic mass is 79.9. The number of amides is 1. The fourth-order valence-electron chi connectivity index (χ4n) is 3.47. The van der Waals surface area contributed by atoms with Crippen LogP contribution in [0.2, 0.25) is 0 Å². The van der Waals surface area contributed by atoms with Crippen LogP contribution in [0.25, 0.3) is 10.9 Å². The lowest BCUT2D eigenvalue weighted by Gasteiger charge is -2.32. The minimum absolute atomic E-state index is 0.0393. The average molecular weight is 408 g/mol. The van der Waals surface area contributed by atoms with Gasteiger partial charge in [0.2, 0.25) is 5.91 Å². The highest BCUT2D eigenvalue weighted by molar-refractivity contribution is 9.10. The molecule has 1 aromatic carbocycles. The first-order chi connectivity index (χ1) is 11.7. The summed E-state index contributed by atoms with van der Waals surface area (Å²) in [4.78, 5) is 17.8. The Balaban J connectivity index is 1.80. The Morgan fingerprint density at radius 3 is 2.88 bits per heavy atom. The van der Waals surface area contributed by atoms with Crippen LogP contribution in [0.1, 0.15) is 33.3 Å². The van der Waals surface area contributed by atoms with E-state index in [1.54, 1.807) is 4.90 Å². The molecule has 6 heteroatoms. The van der Waals surface area contributed by atoms with Gasteiger partial charge >= 0.3 is 0 Å². The second-order valence-corrected chi connectivity index (χ2v) is 8.44. The Morgan fingerprint density at radius 1 is 1.48 bits per heavy atom. The summed E-state index contributed by atoms with van der Waals surface area (Å²) in [7, 11) is 0. The van der Waals surface area contributed by atoms with Gasteiger partial charge in [-0.15, -0.1) is 0 Å². The predicted molar refractivity (Wildman–Crippen MR) is 103 cm³/mol. The van der Waals surface area contributed by atoms with Crippen molar-refractivity contribution in [3.63, 3.8) is 0 Å². The molecule has 1 aliphatic heterocycles. The van der Waals surface area contributed by atoms with Crippen LogP contribution < -0.4 is 5.73 Å². The Morgan fingerprint density at radius 2 is 2.20 bits per heavy atom. The molecule has 136 valence electrons. The molecule has 2 heterocycles. The van der Waals surface area contributed by atoms with Crippen LogP contribution >= 0.6 is 15.9 Å². The van der Waals surface area contributed by atoms with Crippen LogP contribution in [0.4, 0.5) is 0 Å². The molecule has 1 aromatic heterocycles. The fourth-order valence-corrected chi connectivity index (χ4v) is 4.09. The largest absolute Gasteiger partial charge is 0.361 e. The molecule has 3 rings (SSSR count). The van der Waals surface area contributed by atoms with Gasteiger partial charge in [0.05, 0.1) is 18.7 Å². The minimum Gasteiger partial charge on any atom is -0.361 e. The van der Waals surface area contributed by atoms with Crippen molar-refractivity contribution >= 4 is 32.7 Å². The van der Waals surface area contributed by atoms with Gasteiger partial charge in [0.25, 0.3) is 0 Å². The van der Waals surface area contributed by atoms with E-state index in [2.05, 4.69) is 27.0 Å². The van der Waals surface area contributed by atoms with Gasteiger partial charge in [-0.3, -0.25) is 4.79 Å². The van der Waals surface area contributed by atoms with Gasteiger partial charge in [-0.25, -0.2) is 0 Å². The molecule has 1 saturated heterocycles. The SMILES string of the molecule is CC(C)C(N)C(=O)N1C[C@@H](Cc2c[nH]c3cccc(Br)c23)OC1(C)C. The summed E-state index contributed by atoms with van der Waals surface area (Å²) in [6.45, 7) is 8.36. The number of nitrogens with two attached hydrogens (primary N) is 1. The molecule has 1 fully saturated rings. The Hall–Kier alpha value is -1.37. The number of aromatic amines is 1. The number of hydrogen-bond acceptors (Lipinski definition) is 3. The van der Waals surface area contributed by atoms with Crippen molar-refractivity contribution < 1.29 is 9.53 Å². The zero-order valence-electron chi connectivity index (χ0n) is 15.2. The molecule has 1 amide bonds. The second kappa shape index (κ2) is 6.74. The van der Waals surface area contributed by atoms with Crippen LogP contribution in [-0.4, -0.2) is 40.2 Å². The maximum Gasteiger partial charge on any atom is 0.242 e. The maximum absolute atomic E-state index is 12.7. The molecule has 5 nitrogen and oxygen atoms in total. The number of rotatable bonds is 4. The molecule has 2 aromatic rings. The normalized spacial score (nSPS) is 21.2. The van der Waals surface area contributed by atoms with Crippen molar-refractivity contribution in [2.24, 2.45) is 11.7 Å². The molecular weight excluding hydrogens is 382 g/mol. The second-order valence-electron chi connectivity index (χ2n) is 7.59. The number of H-pyrrole nitrogens is 1. The average Bonchev–Trinajstić information content (AvgIpc) is 3.07. The molecule has 25 heavy (non-hydrogen) atoms. The number of ether oxygens (including phenoxy) is 1. The van der Waals surface area contributed by atoms with Crippen molar-refractivity contribution in [3.05, 3.63) is 34.4 Å². The Bertz CT molecular complexity index is 784. The van der Waals surface area contributed by atoms with E-state index in [-0.39, 0.29) is 17.9 Å². The first kappa shape index (κ1) is 18.4. The zero-order valence-corrected chi connectivity index (χ0v) is 16.8. The van der Waals surface area contributed by atoms with Gasteiger partial charge in [-0.2, -0.15) is 0 Å². The lowest BCUT2D eigenvalue weighted by molar-refractivity contribution is -0.148. The molecule has 0 saturated carbocycles. The number of carbonyl (C=O) groups excluding carboxylic acids is 1. The highest BCUT2D eigenvalue weighted by Crippen LogP contribution is 2.33. The van der Waals surface area contributed by atoms with Crippen molar-refractivity contribution in [2.45, 2.75) is 52.0 Å². The number of nitrogens with zero attached hydrogens (tertiary/aromatic N) is 1. The van der Waals surface area contributed by atoms with Crippen LogP contribution in [0, 0.1) is 5.92 Å². The summed E-state index contributed by atoms with van der Waals surface area (Å²) in [5.74, 6) is 0.0644. The van der Waals surface area contributed by atoms with E-state index < -0.39 is 11.8 Å². The first-order valence-corrected chi connectivity index (χ1v) is 9.49. The predicted octanol–water partition coefficient (Wildman–Crippen LogP) is 3.42. The molecule has 1 aliphatic rings. The van der Waals surface area contributed by atoms with Gasteiger partial charge in [0.15, 0.2) is 0 Å². The van der Waals surface area contributed by atoms with E-state index in [1.165, 1.54) is 10.9 Å². The summed E-state index contributed by atoms with van der Waals surface area (Å²) in [5.41, 5.74) is 7.72. The monoisotopic (exact) mass is 407 g/mol. The molecule has 0 radical (unpaired) electrons. The third kappa shape index (κ3) is 3.48. The molecule has 1 unspecified atom stereocenters. The Kier molecular flexibility index (Phi) is 4.97. The summed E-state index contributed by atoms with van der Waals surface area (Å²) < 4.78 is 7.26. The standard InChI is InChI=1S/C19H26BrN3O2/c1-11(2)17(21)18(24)23-10-13(25-19(23,3)4)8-12-9-22-15-7-5-6-14(20)16(12)15/h5-7,9,11,13,17,22H,8,10,21H2,1-4H3/t13-,17?/m1/s1. The van der Waals surface area contributed by atoms with Crippen molar-refractivity contribution in [3.8, 4) is 0 Å². The van der Waals surface area contributed by atoms with Gasteiger partial charge in [0, 0.05) is 28.0 Å². The van der Waals surface area contributed by atoms with Gasteiger partial charge < -0.3 is 20.4 Å². The van der Waals surface area contributed by atoms with E-state index in [4.69, 9.17) is 10.5 Å². The van der Waals surface area contributed by atoms with E-state index in [1.807, 2.05) is 46.0 Å². The number of benzene rings is 1. The quantitative estimate of drug-likeness (QED) is 0.815. The van der Waals surface area contributed by atoms with Crippen LogP contribution in [-0.2, 0) is 16.0 Å². The topological polar surface area (TPSA) is 71.4 Å². The molecule has 3 N–H and O–H groups in total. The molecular formula is C19H26BrN3O2. The van der Waals surface area contributed by atoms with Crippen molar-refractivity contribution in [1.82, 2.24) is 9.88 Å². The van der Waals surface area contributed by atoms with Crippen molar-refractivity contribution in [2.75, 3.05) is 6.54 Å². The fraction of sp³-hybridized carbons (Fsp3) is 0.526. The summed E-state index contributed by atoms with van der Waals surface area (Å²) >= 11 is 3.63. The molecule has 2 atom stereocenters. The third-order valence-electron chi connectivity index (χ3n) is 4.94. The van der Waals surface area contributed by atoms with Gasteiger partial charge in [-0.1, -0.05) is 35.8 Å². The van der Waals surface area contributed by atoms with E-state index in [0.717, 1.165) is 16.4 Å². The number of carbonyl (C=O) groups is 1. The Labute approximate surface area is 157 Å². The smallest absolute Gasteiger partial charge is 0.242 e. The number of halogens is 1. The summed E-state index contributed by atoms with van der Waals surface area (Å²) in [6.07, 6.45) is 2.72. The number of aromatic nitrogens is 1. The lowest BCUT2D eigenvalue weighted by Crippen LogP contribution is -2.52. The van der Waals surface area contributed by atoms with Crippen LogP contribution in [0.5, 0.6) is 0 Å². The van der Waals surface area contributed by atoms with E-state index in [0.29, 0.717) is 6.54 Å². The van der Waals surface area contributed by atoms with E-state index in [9.17, 15) is 4.79 Å². The third-order valence-corrected chi connectivity index (χ3v) is 5.61. The highest BCUT2D eigenvalue weighted by Gasteiger charge is 2.44. The van der Waals surface area contributed by atoms with Gasteiger partial charge in [-0.05, 0) is 37.5 Å². The molecule has 0 bridgehead atoms. The van der Waals surface area contributed by atoms with Crippen LogP contribution in [0.15, 0.2) is 28.9 Å². The number of hydrogen-bond donors (Lipinski definition) is 2. The van der Waals surface area contributed by atoms with E-state index >= 15 is 0 Å². The minimum atomic E-state index is -0.641. The summed E-state index contributed by atoms with van der Waals surface area (Å²) in [6, 6.07) is 5.61. The van der Waals surface area contributed by atoms with Crippen LogP contribution in [0.3, 0.4) is 0 Å². The molecule has 0 spiro atoms. The number of fused-ring (bicyclic) bond motifs is 1. The lowest BCUT2D eigenvalue weighted by atomic mass is 10.0. The summed E-state index contributed by atoms with van der Waals surface area (Å²) in [5, 5.41) is 1.17. The first-order valence-electron chi connectivity index (χ1n) is 8.70. The van der Waals surface area contributed by atoms with Gasteiger partial charge in [0.1, 0.15) is 5.72 Å².